The predicted octanol–water partition coefficient (Wildman–Crippen LogP) is 4.09. The van der Waals surface area contributed by atoms with Crippen molar-refractivity contribution in [2.24, 2.45) is 5.73 Å². The highest BCUT2D eigenvalue weighted by atomic mass is 79.9. The summed E-state index contributed by atoms with van der Waals surface area (Å²) < 4.78 is 6.82. The first-order chi connectivity index (χ1) is 10.3. The largest absolute Gasteiger partial charge is 0.457 e. The summed E-state index contributed by atoms with van der Waals surface area (Å²) in [5, 5.41) is 7.00. The van der Waals surface area contributed by atoms with Crippen LogP contribution in [0.2, 0.25) is 0 Å². The van der Waals surface area contributed by atoms with Gasteiger partial charge in [-0.05, 0) is 48.5 Å². The van der Waals surface area contributed by atoms with Crippen LogP contribution in [0.1, 0.15) is 5.56 Å². The van der Waals surface area contributed by atoms with E-state index < -0.39 is 0 Å². The highest BCUT2D eigenvalue weighted by Gasteiger charge is 2.06. The number of aromatic amines is 1. The van der Waals surface area contributed by atoms with Crippen LogP contribution in [0, 0.1) is 0 Å². The Balaban J connectivity index is 1.79. The Labute approximate surface area is 131 Å². The molecule has 0 amide bonds. The lowest BCUT2D eigenvalue weighted by atomic mass is 10.1. The van der Waals surface area contributed by atoms with Crippen molar-refractivity contribution in [3.63, 3.8) is 0 Å². The normalized spacial score (nSPS) is 10.6. The fraction of sp³-hybridized carbons (Fsp3) is 0.0625. The minimum atomic E-state index is 0.461. The van der Waals surface area contributed by atoms with Crippen LogP contribution < -0.4 is 10.5 Å². The van der Waals surface area contributed by atoms with Crippen molar-refractivity contribution in [3.05, 3.63) is 64.8 Å². The Morgan fingerprint density at radius 2 is 1.62 bits per heavy atom. The Morgan fingerprint density at radius 3 is 2.24 bits per heavy atom. The summed E-state index contributed by atoms with van der Waals surface area (Å²) in [5.74, 6) is 1.59. The van der Waals surface area contributed by atoms with Crippen molar-refractivity contribution < 1.29 is 4.74 Å². The van der Waals surface area contributed by atoms with Crippen LogP contribution in [-0.4, -0.2) is 10.2 Å². The van der Waals surface area contributed by atoms with Gasteiger partial charge in [0.05, 0.1) is 11.9 Å². The summed E-state index contributed by atoms with van der Waals surface area (Å²) >= 11 is 3.40. The lowest BCUT2D eigenvalue weighted by Crippen LogP contribution is -1.96. The van der Waals surface area contributed by atoms with Crippen molar-refractivity contribution in [1.29, 1.82) is 0 Å². The van der Waals surface area contributed by atoms with Crippen LogP contribution >= 0.6 is 15.9 Å². The first-order valence-electron chi connectivity index (χ1n) is 6.52. The number of rotatable bonds is 4. The molecule has 0 aliphatic carbocycles. The average Bonchev–Trinajstić information content (AvgIpc) is 2.99. The fourth-order valence-corrected chi connectivity index (χ4v) is 2.31. The van der Waals surface area contributed by atoms with Gasteiger partial charge in [0, 0.05) is 22.1 Å². The molecule has 4 nitrogen and oxygen atoms in total. The van der Waals surface area contributed by atoms with Gasteiger partial charge in [0.15, 0.2) is 0 Å². The van der Waals surface area contributed by atoms with E-state index in [0.717, 1.165) is 32.8 Å². The van der Waals surface area contributed by atoms with Crippen LogP contribution in [-0.2, 0) is 6.54 Å². The zero-order chi connectivity index (χ0) is 14.7. The molecule has 0 bridgehead atoms. The molecule has 0 fully saturated rings. The third-order valence-corrected chi connectivity index (χ3v) is 3.66. The van der Waals surface area contributed by atoms with Crippen LogP contribution in [0.5, 0.6) is 11.5 Å². The number of nitrogens with zero attached hydrogens (tertiary/aromatic N) is 1. The van der Waals surface area contributed by atoms with Crippen LogP contribution in [0.15, 0.2) is 59.2 Å². The van der Waals surface area contributed by atoms with E-state index in [0.29, 0.717) is 6.54 Å². The average molecular weight is 344 g/mol. The second-order valence-electron chi connectivity index (χ2n) is 4.55. The summed E-state index contributed by atoms with van der Waals surface area (Å²) in [6.45, 7) is 0.461. The highest BCUT2D eigenvalue weighted by molar-refractivity contribution is 9.10. The molecule has 1 aromatic heterocycles. The SMILES string of the molecule is NCc1cn[nH]c1-c1ccc(Oc2ccc(Br)cc2)cc1. The molecule has 0 atom stereocenters. The molecule has 0 saturated heterocycles. The molecule has 0 aliphatic rings. The number of ether oxygens (including phenoxy) is 1. The molecule has 1 heterocycles. The van der Waals surface area contributed by atoms with Crippen molar-refractivity contribution in [2.75, 3.05) is 0 Å². The number of hydrogen-bond donors (Lipinski definition) is 2. The molecule has 0 radical (unpaired) electrons. The first-order valence-corrected chi connectivity index (χ1v) is 7.32. The summed E-state index contributed by atoms with van der Waals surface area (Å²) in [6.07, 6.45) is 1.75. The molecule has 106 valence electrons. The topological polar surface area (TPSA) is 63.9 Å². The van der Waals surface area contributed by atoms with E-state index in [9.17, 15) is 0 Å². The van der Waals surface area contributed by atoms with E-state index in [-0.39, 0.29) is 0 Å². The minimum absolute atomic E-state index is 0.461. The van der Waals surface area contributed by atoms with Gasteiger partial charge in [-0.15, -0.1) is 0 Å². The standard InChI is InChI=1S/C16H14BrN3O/c17-13-3-7-15(8-4-13)21-14-5-1-11(2-6-14)16-12(9-18)10-19-20-16/h1-8,10H,9,18H2,(H,19,20). The molecule has 3 aromatic rings. The number of nitrogens with one attached hydrogen (secondary N) is 1. The molecule has 21 heavy (non-hydrogen) atoms. The molecule has 3 N–H and O–H groups in total. The van der Waals surface area contributed by atoms with E-state index in [4.69, 9.17) is 10.5 Å². The van der Waals surface area contributed by atoms with E-state index in [1.165, 1.54) is 0 Å². The molecule has 5 heteroatoms. The van der Waals surface area contributed by atoms with Crippen LogP contribution in [0.25, 0.3) is 11.3 Å². The molecule has 0 aliphatic heterocycles. The van der Waals surface area contributed by atoms with Crippen molar-refractivity contribution in [1.82, 2.24) is 10.2 Å². The Morgan fingerprint density at radius 1 is 1.00 bits per heavy atom. The van der Waals surface area contributed by atoms with Gasteiger partial charge in [-0.1, -0.05) is 15.9 Å². The van der Waals surface area contributed by atoms with Crippen LogP contribution in [0.3, 0.4) is 0 Å². The summed E-state index contributed by atoms with van der Waals surface area (Å²) in [4.78, 5) is 0. The van der Waals surface area contributed by atoms with Gasteiger partial charge in [0.25, 0.3) is 0 Å². The number of H-pyrrole nitrogens is 1. The maximum atomic E-state index is 5.79. The van der Waals surface area contributed by atoms with Gasteiger partial charge in [0.1, 0.15) is 11.5 Å². The molecular weight excluding hydrogens is 330 g/mol. The third-order valence-electron chi connectivity index (χ3n) is 3.13. The second kappa shape index (κ2) is 6.11. The zero-order valence-electron chi connectivity index (χ0n) is 11.2. The van der Waals surface area contributed by atoms with Gasteiger partial charge >= 0.3 is 0 Å². The number of nitrogens with two attached hydrogens (primary N) is 1. The van der Waals surface area contributed by atoms with Gasteiger partial charge < -0.3 is 10.5 Å². The molecule has 0 unspecified atom stereocenters. The van der Waals surface area contributed by atoms with Gasteiger partial charge in [0.2, 0.25) is 0 Å². The lowest BCUT2D eigenvalue weighted by molar-refractivity contribution is 0.482. The maximum Gasteiger partial charge on any atom is 0.127 e. The van der Waals surface area contributed by atoms with Crippen molar-refractivity contribution in [3.8, 4) is 22.8 Å². The van der Waals surface area contributed by atoms with E-state index in [1.807, 2.05) is 48.5 Å². The molecular formula is C16H14BrN3O. The van der Waals surface area contributed by atoms with Gasteiger partial charge in [-0.2, -0.15) is 5.10 Å². The van der Waals surface area contributed by atoms with E-state index in [1.54, 1.807) is 6.20 Å². The molecule has 0 spiro atoms. The number of hydrogen-bond acceptors (Lipinski definition) is 3. The second-order valence-corrected chi connectivity index (χ2v) is 5.47. The number of aromatic nitrogens is 2. The van der Waals surface area contributed by atoms with Gasteiger partial charge in [-0.25, -0.2) is 0 Å². The molecule has 3 rings (SSSR count). The molecule has 0 saturated carbocycles. The molecule has 2 aromatic carbocycles. The monoisotopic (exact) mass is 343 g/mol. The fourth-order valence-electron chi connectivity index (χ4n) is 2.04. The Bertz CT molecular complexity index is 720. The van der Waals surface area contributed by atoms with Gasteiger partial charge in [-0.3, -0.25) is 5.10 Å². The van der Waals surface area contributed by atoms with Crippen molar-refractivity contribution in [2.45, 2.75) is 6.54 Å². The summed E-state index contributed by atoms with van der Waals surface area (Å²) in [6, 6.07) is 15.6. The first kappa shape index (κ1) is 13.9. The minimum Gasteiger partial charge on any atom is -0.457 e. The number of benzene rings is 2. The van der Waals surface area contributed by atoms with Crippen LogP contribution in [0.4, 0.5) is 0 Å². The smallest absolute Gasteiger partial charge is 0.127 e. The lowest BCUT2D eigenvalue weighted by Gasteiger charge is -2.07. The predicted molar refractivity (Wildman–Crippen MR) is 86.1 cm³/mol. The van der Waals surface area contributed by atoms with E-state index in [2.05, 4.69) is 26.1 Å². The quantitative estimate of drug-likeness (QED) is 0.749. The summed E-state index contributed by atoms with van der Waals surface area (Å²) in [5.41, 5.74) is 8.67. The maximum absolute atomic E-state index is 5.79. The zero-order valence-corrected chi connectivity index (χ0v) is 12.8. The number of halogens is 1. The van der Waals surface area contributed by atoms with E-state index >= 15 is 0 Å². The Hall–Kier alpha value is -2.11. The third kappa shape index (κ3) is 3.15. The van der Waals surface area contributed by atoms with Crippen molar-refractivity contribution >= 4 is 15.9 Å². The Kier molecular flexibility index (Phi) is 4.03. The summed E-state index contributed by atoms with van der Waals surface area (Å²) in [7, 11) is 0. The highest BCUT2D eigenvalue weighted by Crippen LogP contribution is 2.27.